The molecule has 5 rings (SSSR count). The van der Waals surface area contributed by atoms with Crippen molar-refractivity contribution in [1.29, 1.82) is 0 Å². The van der Waals surface area contributed by atoms with E-state index in [9.17, 15) is 0 Å². The van der Waals surface area contributed by atoms with Crippen molar-refractivity contribution in [2.45, 2.75) is 18.9 Å². The summed E-state index contributed by atoms with van der Waals surface area (Å²) in [5, 5.41) is 8.85. The molecule has 3 aromatic rings. The highest BCUT2D eigenvalue weighted by Crippen LogP contribution is 2.35. The Morgan fingerprint density at radius 3 is 2.86 bits per heavy atom. The van der Waals surface area contributed by atoms with E-state index in [1.807, 2.05) is 12.3 Å². The van der Waals surface area contributed by atoms with E-state index in [2.05, 4.69) is 63.1 Å². The van der Waals surface area contributed by atoms with Gasteiger partial charge < -0.3 is 25.3 Å². The molecule has 3 heterocycles. The normalized spacial score (nSPS) is 18.1. The van der Waals surface area contributed by atoms with Crippen molar-refractivity contribution in [2.24, 2.45) is 0 Å². The van der Waals surface area contributed by atoms with E-state index < -0.39 is 0 Å². The van der Waals surface area contributed by atoms with Crippen LogP contribution in [0, 0.1) is 0 Å². The topological polar surface area (TPSA) is 52.3 Å². The van der Waals surface area contributed by atoms with Crippen LogP contribution in [0.4, 0.5) is 0 Å². The predicted molar refractivity (Wildman–Crippen MR) is 117 cm³/mol. The van der Waals surface area contributed by atoms with Crippen LogP contribution in [0.1, 0.15) is 29.3 Å². The summed E-state index contributed by atoms with van der Waals surface area (Å²) in [6, 6.07) is 14.7. The standard InChI is InChI=1S/C23H25ClN4O/c24-17-4-7-21-20(14-17)19-8-9-26-22(23(19)27-21)16-2-5-18(6-3-16)29-13-1-11-28-12-10-25-15-28/h2-7,10,12,14,22,25-27H,1,8-9,11,13,15H2. The maximum Gasteiger partial charge on any atom is 0.119 e. The second-order valence-corrected chi connectivity index (χ2v) is 8.04. The Morgan fingerprint density at radius 2 is 2.03 bits per heavy atom. The Morgan fingerprint density at radius 1 is 1.14 bits per heavy atom. The maximum atomic E-state index is 6.23. The third-order valence-corrected chi connectivity index (χ3v) is 5.92. The lowest BCUT2D eigenvalue weighted by Crippen LogP contribution is -2.30. The van der Waals surface area contributed by atoms with Gasteiger partial charge in [-0.05, 0) is 54.3 Å². The van der Waals surface area contributed by atoms with Crippen molar-refractivity contribution in [3.05, 3.63) is 76.7 Å². The van der Waals surface area contributed by atoms with Gasteiger partial charge in [-0.25, -0.2) is 0 Å². The molecule has 6 heteroatoms. The van der Waals surface area contributed by atoms with Gasteiger partial charge >= 0.3 is 0 Å². The summed E-state index contributed by atoms with van der Waals surface area (Å²) in [6.45, 7) is 3.57. The Labute approximate surface area is 175 Å². The van der Waals surface area contributed by atoms with Crippen molar-refractivity contribution < 1.29 is 4.74 Å². The van der Waals surface area contributed by atoms with Crippen LogP contribution in [0.2, 0.25) is 5.02 Å². The smallest absolute Gasteiger partial charge is 0.119 e. The van der Waals surface area contributed by atoms with Crippen molar-refractivity contribution >= 4 is 22.5 Å². The zero-order chi connectivity index (χ0) is 19.6. The number of nitrogens with one attached hydrogen (secondary N) is 3. The summed E-state index contributed by atoms with van der Waals surface area (Å²) in [6.07, 6.45) is 6.07. The van der Waals surface area contributed by atoms with Gasteiger partial charge in [-0.1, -0.05) is 23.7 Å². The average Bonchev–Trinajstić information content (AvgIpc) is 3.39. The molecule has 2 aliphatic rings. The number of nitrogens with zero attached hydrogens (tertiary/aromatic N) is 1. The van der Waals surface area contributed by atoms with Gasteiger partial charge in [0.05, 0.1) is 19.3 Å². The average molecular weight is 409 g/mol. The van der Waals surface area contributed by atoms with Crippen LogP contribution in [0.15, 0.2) is 54.9 Å². The summed E-state index contributed by atoms with van der Waals surface area (Å²) in [5.74, 6) is 0.920. The van der Waals surface area contributed by atoms with Gasteiger partial charge in [-0.2, -0.15) is 0 Å². The van der Waals surface area contributed by atoms with E-state index in [0.717, 1.165) is 55.5 Å². The molecule has 0 aliphatic carbocycles. The Kier molecular flexibility index (Phi) is 5.08. The molecular formula is C23H25ClN4O. The van der Waals surface area contributed by atoms with Crippen molar-refractivity contribution in [3.63, 3.8) is 0 Å². The largest absolute Gasteiger partial charge is 0.494 e. The van der Waals surface area contributed by atoms with Crippen molar-refractivity contribution in [3.8, 4) is 5.75 Å². The van der Waals surface area contributed by atoms with E-state index in [0.29, 0.717) is 0 Å². The highest BCUT2D eigenvalue weighted by atomic mass is 35.5. The SMILES string of the molecule is Clc1ccc2[nH]c3c(c2c1)CCNC3c1ccc(OCCCN2C=CNC2)cc1. The maximum absolute atomic E-state index is 6.23. The number of benzene rings is 2. The summed E-state index contributed by atoms with van der Waals surface area (Å²) < 4.78 is 5.92. The highest BCUT2D eigenvalue weighted by molar-refractivity contribution is 6.31. The fraction of sp³-hybridized carbons (Fsp3) is 0.304. The number of aromatic nitrogens is 1. The first kappa shape index (κ1) is 18.4. The molecular weight excluding hydrogens is 384 g/mol. The number of fused-ring (bicyclic) bond motifs is 3. The minimum Gasteiger partial charge on any atom is -0.494 e. The molecule has 2 aromatic carbocycles. The molecule has 5 nitrogen and oxygen atoms in total. The first-order chi connectivity index (χ1) is 14.3. The molecule has 150 valence electrons. The molecule has 0 amide bonds. The molecule has 0 spiro atoms. The van der Waals surface area contributed by atoms with Crippen LogP contribution in [0.5, 0.6) is 5.75 Å². The third-order valence-electron chi connectivity index (χ3n) is 5.68. The Bertz CT molecular complexity index is 1030. The van der Waals surface area contributed by atoms with Crippen molar-refractivity contribution in [2.75, 3.05) is 26.4 Å². The molecule has 0 saturated heterocycles. The number of hydrogen-bond donors (Lipinski definition) is 3. The second-order valence-electron chi connectivity index (χ2n) is 7.61. The fourth-order valence-electron chi connectivity index (χ4n) is 4.23. The van der Waals surface area contributed by atoms with Crippen LogP contribution in [-0.2, 0) is 6.42 Å². The second kappa shape index (κ2) is 8.01. The number of halogens is 1. The van der Waals surface area contributed by atoms with E-state index in [-0.39, 0.29) is 6.04 Å². The van der Waals surface area contributed by atoms with Gasteiger partial charge in [-0.3, -0.25) is 0 Å². The number of rotatable bonds is 6. The number of ether oxygens (including phenoxy) is 1. The molecule has 2 aliphatic heterocycles. The van der Waals surface area contributed by atoms with E-state index in [1.54, 1.807) is 0 Å². The first-order valence-corrected chi connectivity index (χ1v) is 10.6. The minimum absolute atomic E-state index is 0.161. The summed E-state index contributed by atoms with van der Waals surface area (Å²) >= 11 is 6.23. The highest BCUT2D eigenvalue weighted by Gasteiger charge is 2.25. The van der Waals surface area contributed by atoms with Crippen LogP contribution < -0.4 is 15.4 Å². The van der Waals surface area contributed by atoms with Gasteiger partial charge in [-0.15, -0.1) is 0 Å². The molecule has 29 heavy (non-hydrogen) atoms. The zero-order valence-electron chi connectivity index (χ0n) is 16.2. The summed E-state index contributed by atoms with van der Waals surface area (Å²) in [4.78, 5) is 5.85. The Hall–Kier alpha value is -2.63. The van der Waals surface area contributed by atoms with Gasteiger partial charge in [0.1, 0.15) is 5.75 Å². The zero-order valence-corrected chi connectivity index (χ0v) is 17.0. The van der Waals surface area contributed by atoms with Crippen LogP contribution >= 0.6 is 11.6 Å². The van der Waals surface area contributed by atoms with Gasteiger partial charge in [0.2, 0.25) is 0 Å². The monoisotopic (exact) mass is 408 g/mol. The first-order valence-electron chi connectivity index (χ1n) is 10.2. The van der Waals surface area contributed by atoms with Crippen LogP contribution in [0.25, 0.3) is 10.9 Å². The molecule has 0 saturated carbocycles. The van der Waals surface area contributed by atoms with Gasteiger partial charge in [0, 0.05) is 47.1 Å². The molecule has 1 atom stereocenters. The van der Waals surface area contributed by atoms with E-state index in [4.69, 9.17) is 16.3 Å². The summed E-state index contributed by atoms with van der Waals surface area (Å²) in [5.41, 5.74) is 5.01. The minimum atomic E-state index is 0.161. The molecule has 0 fully saturated rings. The van der Waals surface area contributed by atoms with Crippen LogP contribution in [-0.4, -0.2) is 36.2 Å². The fourth-order valence-corrected chi connectivity index (χ4v) is 4.41. The van der Waals surface area contributed by atoms with E-state index >= 15 is 0 Å². The van der Waals surface area contributed by atoms with Gasteiger partial charge in [0.15, 0.2) is 0 Å². The summed E-state index contributed by atoms with van der Waals surface area (Å²) in [7, 11) is 0. The van der Waals surface area contributed by atoms with Crippen molar-refractivity contribution in [1.82, 2.24) is 20.5 Å². The number of aromatic amines is 1. The number of H-pyrrole nitrogens is 1. The Balaban J connectivity index is 1.27. The molecule has 1 unspecified atom stereocenters. The molecule has 1 aromatic heterocycles. The molecule has 0 bridgehead atoms. The third kappa shape index (κ3) is 3.80. The van der Waals surface area contributed by atoms with Crippen LogP contribution in [0.3, 0.4) is 0 Å². The lowest BCUT2D eigenvalue weighted by atomic mass is 9.94. The number of hydrogen-bond acceptors (Lipinski definition) is 4. The van der Waals surface area contributed by atoms with Gasteiger partial charge in [0.25, 0.3) is 0 Å². The van der Waals surface area contributed by atoms with E-state index in [1.165, 1.54) is 22.2 Å². The molecule has 3 N–H and O–H groups in total. The molecule has 0 radical (unpaired) electrons. The quantitative estimate of drug-likeness (QED) is 0.536. The lowest BCUT2D eigenvalue weighted by molar-refractivity contribution is 0.279. The predicted octanol–water partition coefficient (Wildman–Crippen LogP) is 4.16. The lowest BCUT2D eigenvalue weighted by Gasteiger charge is -2.25.